The van der Waals surface area contributed by atoms with Gasteiger partial charge in [0, 0.05) is 11.8 Å². The summed E-state index contributed by atoms with van der Waals surface area (Å²) in [5.74, 6) is 0.487. The fourth-order valence-electron chi connectivity index (χ4n) is 3.43. The van der Waals surface area contributed by atoms with Crippen LogP contribution in [0.25, 0.3) is 17.2 Å². The molecular weight excluding hydrogens is 380 g/mol. The van der Waals surface area contributed by atoms with Crippen LogP contribution in [0.4, 0.5) is 5.69 Å². The van der Waals surface area contributed by atoms with Gasteiger partial charge in [0.05, 0.1) is 7.11 Å². The number of ether oxygens (including phenoxy) is 1. The summed E-state index contributed by atoms with van der Waals surface area (Å²) in [5.41, 5.74) is 6.89. The van der Waals surface area contributed by atoms with Gasteiger partial charge in [0.25, 0.3) is 0 Å². The van der Waals surface area contributed by atoms with Gasteiger partial charge in [-0.2, -0.15) is 0 Å². The van der Waals surface area contributed by atoms with Gasteiger partial charge in [-0.05, 0) is 76.8 Å². The summed E-state index contributed by atoms with van der Waals surface area (Å²) in [6.07, 6.45) is 4.09. The quantitative estimate of drug-likeness (QED) is 0.382. The van der Waals surface area contributed by atoms with Crippen LogP contribution in [-0.4, -0.2) is 18.1 Å². The Morgan fingerprint density at radius 3 is 2.55 bits per heavy atom. The fourth-order valence-corrected chi connectivity index (χ4v) is 3.64. The van der Waals surface area contributed by atoms with Crippen LogP contribution in [0.2, 0.25) is 0 Å². The molecule has 4 rings (SSSR count). The molecule has 0 atom stereocenters. The topological polar surface area (TPSA) is 50.4 Å². The fraction of sp³-hybridized carbons (Fsp3) is 0.0833. The zero-order valence-electron chi connectivity index (χ0n) is 15.9. The van der Waals surface area contributed by atoms with Gasteiger partial charge in [0.2, 0.25) is 5.91 Å². The number of benzene rings is 3. The highest BCUT2D eigenvalue weighted by atomic mass is 32.1. The van der Waals surface area contributed by atoms with Crippen molar-refractivity contribution in [1.29, 1.82) is 0 Å². The van der Waals surface area contributed by atoms with Crippen molar-refractivity contribution in [3.05, 3.63) is 89.5 Å². The van der Waals surface area contributed by atoms with Gasteiger partial charge >= 0.3 is 0 Å². The predicted molar refractivity (Wildman–Crippen MR) is 121 cm³/mol. The lowest BCUT2D eigenvalue weighted by Gasteiger charge is -2.10. The molecule has 1 aliphatic rings. The third-order valence-corrected chi connectivity index (χ3v) is 5.04. The molecule has 0 bridgehead atoms. The molecule has 1 aliphatic carbocycles. The lowest BCUT2D eigenvalue weighted by molar-refractivity contribution is -0.115. The maximum atomic E-state index is 12.1. The van der Waals surface area contributed by atoms with Crippen LogP contribution >= 0.6 is 12.2 Å². The molecule has 3 aromatic carbocycles. The largest absolute Gasteiger partial charge is 0.497 e. The van der Waals surface area contributed by atoms with Gasteiger partial charge in [0.1, 0.15) is 5.75 Å². The molecule has 144 valence electrons. The second-order valence-corrected chi connectivity index (χ2v) is 7.16. The molecule has 29 heavy (non-hydrogen) atoms. The summed E-state index contributed by atoms with van der Waals surface area (Å²) >= 11 is 5.28. The minimum Gasteiger partial charge on any atom is -0.497 e. The van der Waals surface area contributed by atoms with Gasteiger partial charge in [0.15, 0.2) is 5.11 Å². The normalized spacial score (nSPS) is 11.6. The van der Waals surface area contributed by atoms with E-state index in [9.17, 15) is 4.79 Å². The Balaban J connectivity index is 1.35. The number of thiocarbonyl (C=S) groups is 1. The monoisotopic (exact) mass is 400 g/mol. The molecule has 0 saturated carbocycles. The summed E-state index contributed by atoms with van der Waals surface area (Å²) < 4.78 is 5.12. The lowest BCUT2D eigenvalue weighted by Crippen LogP contribution is -2.32. The maximum Gasteiger partial charge on any atom is 0.250 e. The molecule has 2 N–H and O–H groups in total. The molecule has 4 nitrogen and oxygen atoms in total. The van der Waals surface area contributed by atoms with Crippen LogP contribution < -0.4 is 15.4 Å². The van der Waals surface area contributed by atoms with E-state index < -0.39 is 0 Å². The summed E-state index contributed by atoms with van der Waals surface area (Å²) in [7, 11) is 1.62. The number of hydrogen-bond donors (Lipinski definition) is 2. The van der Waals surface area contributed by atoms with E-state index in [1.54, 1.807) is 13.2 Å². The van der Waals surface area contributed by atoms with Crippen molar-refractivity contribution in [2.45, 2.75) is 6.42 Å². The molecule has 0 aliphatic heterocycles. The van der Waals surface area contributed by atoms with Crippen molar-refractivity contribution in [2.24, 2.45) is 0 Å². The first-order valence-electron chi connectivity index (χ1n) is 9.28. The van der Waals surface area contributed by atoms with Crippen LogP contribution in [0.5, 0.6) is 5.75 Å². The zero-order valence-corrected chi connectivity index (χ0v) is 16.8. The van der Waals surface area contributed by atoms with E-state index in [0.717, 1.165) is 23.4 Å². The highest BCUT2D eigenvalue weighted by Gasteiger charge is 2.18. The number of carbonyl (C=O) groups is 1. The SMILES string of the molecule is COc1ccc(C=CC(=O)NC(=S)Nc2ccc3c(c2)Cc2ccccc2-3)cc1. The molecule has 0 saturated heterocycles. The Morgan fingerprint density at radius 2 is 1.76 bits per heavy atom. The number of methoxy groups -OCH3 is 1. The molecule has 0 unspecified atom stereocenters. The summed E-state index contributed by atoms with van der Waals surface area (Å²) in [6, 6.07) is 22.0. The Bertz CT molecular complexity index is 1100. The standard InChI is InChI=1S/C24H20N2O2S/c1-28-20-10-6-16(7-11-20)8-13-23(27)26-24(29)25-19-9-12-22-18(15-19)14-17-4-2-3-5-21(17)22/h2-13,15H,14H2,1H3,(H2,25,26,27,29). The molecule has 5 heteroatoms. The van der Waals surface area contributed by atoms with Gasteiger partial charge in [-0.25, -0.2) is 0 Å². The molecule has 0 fully saturated rings. The summed E-state index contributed by atoms with van der Waals surface area (Å²) in [4.78, 5) is 12.1. The molecule has 0 aromatic heterocycles. The first-order chi connectivity index (χ1) is 14.1. The van der Waals surface area contributed by atoms with Crippen molar-refractivity contribution in [2.75, 3.05) is 12.4 Å². The lowest BCUT2D eigenvalue weighted by atomic mass is 10.1. The summed E-state index contributed by atoms with van der Waals surface area (Å²) in [6.45, 7) is 0. The Morgan fingerprint density at radius 1 is 1.00 bits per heavy atom. The third-order valence-electron chi connectivity index (χ3n) is 4.83. The van der Waals surface area contributed by atoms with Gasteiger partial charge < -0.3 is 10.1 Å². The highest BCUT2D eigenvalue weighted by molar-refractivity contribution is 7.80. The van der Waals surface area contributed by atoms with E-state index in [0.29, 0.717) is 0 Å². The number of amides is 1. The minimum atomic E-state index is -0.285. The number of rotatable bonds is 4. The molecule has 0 spiro atoms. The minimum absolute atomic E-state index is 0.268. The van der Waals surface area contributed by atoms with E-state index in [1.807, 2.05) is 30.3 Å². The average molecular weight is 401 g/mol. The maximum absolute atomic E-state index is 12.1. The number of carbonyl (C=O) groups excluding carboxylic acids is 1. The Hall–Kier alpha value is -3.44. The second kappa shape index (κ2) is 8.29. The number of hydrogen-bond acceptors (Lipinski definition) is 3. The summed E-state index contributed by atoms with van der Waals surface area (Å²) in [5, 5.41) is 6.04. The van der Waals surface area contributed by atoms with Crippen molar-refractivity contribution in [1.82, 2.24) is 5.32 Å². The number of fused-ring (bicyclic) bond motifs is 3. The van der Waals surface area contributed by atoms with E-state index >= 15 is 0 Å². The van der Waals surface area contributed by atoms with Crippen molar-refractivity contribution < 1.29 is 9.53 Å². The number of anilines is 1. The zero-order chi connectivity index (χ0) is 20.2. The van der Waals surface area contributed by atoms with E-state index in [2.05, 4.69) is 47.0 Å². The molecule has 0 radical (unpaired) electrons. The van der Waals surface area contributed by atoms with E-state index in [-0.39, 0.29) is 11.0 Å². The Kier molecular flexibility index (Phi) is 5.40. The highest BCUT2D eigenvalue weighted by Crippen LogP contribution is 2.37. The average Bonchev–Trinajstić information content (AvgIpc) is 3.10. The van der Waals surface area contributed by atoms with Crippen LogP contribution in [0, 0.1) is 0 Å². The molecule has 3 aromatic rings. The molecule has 1 amide bonds. The van der Waals surface area contributed by atoms with Crippen molar-refractivity contribution >= 4 is 35.0 Å². The van der Waals surface area contributed by atoms with E-state index in [1.165, 1.54) is 28.3 Å². The molecule has 0 heterocycles. The predicted octanol–water partition coefficient (Wildman–Crippen LogP) is 4.79. The first kappa shape index (κ1) is 18.9. The first-order valence-corrected chi connectivity index (χ1v) is 9.68. The van der Waals surface area contributed by atoms with Gasteiger partial charge in [-0.1, -0.05) is 42.5 Å². The number of nitrogens with one attached hydrogen (secondary N) is 2. The van der Waals surface area contributed by atoms with Crippen LogP contribution in [-0.2, 0) is 11.2 Å². The van der Waals surface area contributed by atoms with Crippen LogP contribution in [0.3, 0.4) is 0 Å². The van der Waals surface area contributed by atoms with E-state index in [4.69, 9.17) is 17.0 Å². The van der Waals surface area contributed by atoms with Crippen LogP contribution in [0.15, 0.2) is 72.8 Å². The van der Waals surface area contributed by atoms with Gasteiger partial charge in [-0.15, -0.1) is 0 Å². The van der Waals surface area contributed by atoms with Gasteiger partial charge in [-0.3, -0.25) is 10.1 Å². The van der Waals surface area contributed by atoms with Crippen molar-refractivity contribution in [3.63, 3.8) is 0 Å². The van der Waals surface area contributed by atoms with Crippen LogP contribution in [0.1, 0.15) is 16.7 Å². The third kappa shape index (κ3) is 4.36. The smallest absolute Gasteiger partial charge is 0.250 e. The van der Waals surface area contributed by atoms with Crippen molar-refractivity contribution in [3.8, 4) is 16.9 Å². The Labute approximate surface area is 175 Å². The molecular formula is C24H20N2O2S. The second-order valence-electron chi connectivity index (χ2n) is 6.76.